The predicted octanol–water partition coefficient (Wildman–Crippen LogP) is 3.84. The summed E-state index contributed by atoms with van der Waals surface area (Å²) in [7, 11) is 4.30. The van der Waals surface area contributed by atoms with Crippen LogP contribution in [0.1, 0.15) is 42.9 Å². The summed E-state index contributed by atoms with van der Waals surface area (Å²) in [5.41, 5.74) is 10.0. The van der Waals surface area contributed by atoms with Crippen LogP contribution in [0, 0.1) is 5.92 Å². The Labute approximate surface area is 182 Å². The number of hydrogen-bond acceptors (Lipinski definition) is 3. The zero-order valence-electron chi connectivity index (χ0n) is 18.8. The average Bonchev–Trinajstić information content (AvgIpc) is 2.78. The number of hydrogen-bond donors (Lipinski definition) is 1. The van der Waals surface area contributed by atoms with Crippen LogP contribution in [0.2, 0.25) is 0 Å². The summed E-state index contributed by atoms with van der Waals surface area (Å²) in [6.07, 6.45) is 4.78. The Bertz CT molecular complexity index is 810. The quantitative estimate of drug-likeness (QED) is 0.723. The van der Waals surface area contributed by atoms with Crippen molar-refractivity contribution in [1.29, 1.82) is 0 Å². The van der Waals surface area contributed by atoms with Gasteiger partial charge in [-0.3, -0.25) is 9.69 Å². The monoisotopic (exact) mass is 407 g/mol. The van der Waals surface area contributed by atoms with Crippen LogP contribution in [-0.4, -0.2) is 49.4 Å². The molecular formula is C26H37N3O. The van der Waals surface area contributed by atoms with Gasteiger partial charge >= 0.3 is 0 Å². The fourth-order valence-corrected chi connectivity index (χ4v) is 4.90. The highest BCUT2D eigenvalue weighted by atomic mass is 16.2. The van der Waals surface area contributed by atoms with Crippen molar-refractivity contribution in [1.82, 2.24) is 9.80 Å². The Kier molecular flexibility index (Phi) is 7.68. The second-order valence-corrected chi connectivity index (χ2v) is 8.77. The van der Waals surface area contributed by atoms with Gasteiger partial charge in [-0.05, 0) is 56.5 Å². The van der Waals surface area contributed by atoms with Gasteiger partial charge < -0.3 is 10.6 Å². The molecule has 0 spiro atoms. The van der Waals surface area contributed by atoms with Gasteiger partial charge in [-0.2, -0.15) is 0 Å². The molecule has 30 heavy (non-hydrogen) atoms. The first-order valence-electron chi connectivity index (χ1n) is 11.3. The molecule has 2 aromatic carbocycles. The van der Waals surface area contributed by atoms with Crippen LogP contribution in [0.15, 0.2) is 54.6 Å². The first-order valence-corrected chi connectivity index (χ1v) is 11.3. The Balaban J connectivity index is 1.70. The highest BCUT2D eigenvalue weighted by molar-refractivity contribution is 5.79. The SMILES string of the molecule is CCCc1ccccc1CC(CN)C(=O)N1CCC(c2ccccc2)(N(C)C)CC1. The van der Waals surface area contributed by atoms with E-state index in [2.05, 4.69) is 80.5 Å². The van der Waals surface area contributed by atoms with E-state index in [0.29, 0.717) is 6.54 Å². The lowest BCUT2D eigenvalue weighted by Crippen LogP contribution is -2.53. The van der Waals surface area contributed by atoms with Crippen LogP contribution in [0.25, 0.3) is 0 Å². The maximum absolute atomic E-state index is 13.4. The van der Waals surface area contributed by atoms with Crippen molar-refractivity contribution in [2.45, 2.75) is 44.6 Å². The standard InChI is InChI=1S/C26H37N3O/c1-4-10-21-11-8-9-12-22(21)19-23(20-27)25(30)29-17-15-26(16-18-29,28(2)3)24-13-6-5-7-14-24/h5-9,11-14,23H,4,10,15-20,27H2,1-3H3. The zero-order chi connectivity index (χ0) is 21.6. The summed E-state index contributed by atoms with van der Waals surface area (Å²) in [4.78, 5) is 17.7. The number of benzene rings is 2. The summed E-state index contributed by atoms with van der Waals surface area (Å²) in [5.74, 6) is 0.0656. The smallest absolute Gasteiger partial charge is 0.227 e. The minimum Gasteiger partial charge on any atom is -0.342 e. The molecule has 1 saturated heterocycles. The molecule has 1 aliphatic rings. The van der Waals surface area contributed by atoms with Crippen LogP contribution in [0.5, 0.6) is 0 Å². The van der Waals surface area contributed by atoms with Gasteiger partial charge in [-0.15, -0.1) is 0 Å². The van der Waals surface area contributed by atoms with Gasteiger partial charge in [-0.25, -0.2) is 0 Å². The van der Waals surface area contributed by atoms with Crippen molar-refractivity contribution in [2.24, 2.45) is 11.7 Å². The van der Waals surface area contributed by atoms with Gasteiger partial charge in [0.1, 0.15) is 0 Å². The van der Waals surface area contributed by atoms with E-state index >= 15 is 0 Å². The van der Waals surface area contributed by atoms with Gasteiger partial charge in [-0.1, -0.05) is 67.9 Å². The van der Waals surface area contributed by atoms with E-state index in [1.165, 1.54) is 16.7 Å². The molecule has 2 aromatic rings. The summed E-state index contributed by atoms with van der Waals surface area (Å²) < 4.78 is 0. The molecule has 4 heteroatoms. The van der Waals surface area contributed by atoms with Crippen LogP contribution in [0.4, 0.5) is 0 Å². The number of amides is 1. The van der Waals surface area contributed by atoms with Gasteiger partial charge in [0.15, 0.2) is 0 Å². The molecule has 1 aliphatic heterocycles. The lowest BCUT2D eigenvalue weighted by Gasteiger charge is -2.47. The van der Waals surface area contributed by atoms with E-state index in [1.807, 2.05) is 4.90 Å². The van der Waals surface area contributed by atoms with Crippen LogP contribution in [-0.2, 0) is 23.2 Å². The molecule has 0 aliphatic carbocycles. The zero-order valence-corrected chi connectivity index (χ0v) is 18.8. The van der Waals surface area contributed by atoms with Gasteiger partial charge in [0.05, 0.1) is 5.92 Å². The number of nitrogens with zero attached hydrogens (tertiary/aromatic N) is 2. The Hall–Kier alpha value is -2.17. The predicted molar refractivity (Wildman–Crippen MR) is 124 cm³/mol. The Morgan fingerprint density at radius 2 is 1.63 bits per heavy atom. The number of aryl methyl sites for hydroxylation is 1. The van der Waals surface area contributed by atoms with E-state index in [1.54, 1.807) is 0 Å². The minimum absolute atomic E-state index is 0.00994. The van der Waals surface area contributed by atoms with E-state index in [-0.39, 0.29) is 17.4 Å². The van der Waals surface area contributed by atoms with Gasteiger partial charge in [0, 0.05) is 25.2 Å². The summed E-state index contributed by atoms with van der Waals surface area (Å²) in [5, 5.41) is 0. The molecule has 1 fully saturated rings. The highest BCUT2D eigenvalue weighted by Gasteiger charge is 2.40. The Morgan fingerprint density at radius 3 is 2.20 bits per heavy atom. The molecule has 1 atom stereocenters. The number of piperidine rings is 1. The molecular weight excluding hydrogens is 370 g/mol. The second-order valence-electron chi connectivity index (χ2n) is 8.77. The third-order valence-electron chi connectivity index (χ3n) is 6.81. The maximum atomic E-state index is 13.4. The molecule has 1 amide bonds. The fraction of sp³-hybridized carbons (Fsp3) is 0.500. The lowest BCUT2D eigenvalue weighted by molar-refractivity contribution is -0.138. The van der Waals surface area contributed by atoms with Crippen molar-refractivity contribution in [3.63, 3.8) is 0 Å². The van der Waals surface area contributed by atoms with Gasteiger partial charge in [0.25, 0.3) is 0 Å². The van der Waals surface area contributed by atoms with E-state index < -0.39 is 0 Å². The maximum Gasteiger partial charge on any atom is 0.227 e. The molecule has 4 nitrogen and oxygen atoms in total. The molecule has 0 saturated carbocycles. The molecule has 0 aromatic heterocycles. The summed E-state index contributed by atoms with van der Waals surface area (Å²) >= 11 is 0. The fourth-order valence-electron chi connectivity index (χ4n) is 4.90. The van der Waals surface area contributed by atoms with E-state index in [4.69, 9.17) is 5.73 Å². The molecule has 2 N–H and O–H groups in total. The molecule has 0 radical (unpaired) electrons. The number of rotatable bonds is 8. The van der Waals surface area contributed by atoms with Crippen LogP contribution < -0.4 is 5.73 Å². The highest BCUT2D eigenvalue weighted by Crippen LogP contribution is 2.37. The first-order chi connectivity index (χ1) is 14.5. The molecule has 162 valence electrons. The summed E-state index contributed by atoms with van der Waals surface area (Å²) in [6.45, 7) is 4.14. The first kappa shape index (κ1) is 22.5. The second kappa shape index (κ2) is 10.2. The Morgan fingerprint density at radius 1 is 1.03 bits per heavy atom. The lowest BCUT2D eigenvalue weighted by atomic mass is 9.79. The normalized spacial score (nSPS) is 17.2. The van der Waals surface area contributed by atoms with Crippen molar-refractivity contribution < 1.29 is 4.79 Å². The minimum atomic E-state index is -0.147. The van der Waals surface area contributed by atoms with Crippen LogP contribution in [0.3, 0.4) is 0 Å². The third-order valence-corrected chi connectivity index (χ3v) is 6.81. The van der Waals surface area contributed by atoms with Gasteiger partial charge in [0.2, 0.25) is 5.91 Å². The largest absolute Gasteiger partial charge is 0.342 e. The van der Waals surface area contributed by atoms with Crippen molar-refractivity contribution in [3.8, 4) is 0 Å². The van der Waals surface area contributed by atoms with E-state index in [0.717, 1.165) is 45.2 Å². The summed E-state index contributed by atoms with van der Waals surface area (Å²) in [6, 6.07) is 19.2. The average molecular weight is 408 g/mol. The molecule has 3 rings (SSSR count). The molecule has 1 heterocycles. The molecule has 1 unspecified atom stereocenters. The van der Waals surface area contributed by atoms with Crippen molar-refractivity contribution in [2.75, 3.05) is 33.7 Å². The van der Waals surface area contributed by atoms with E-state index in [9.17, 15) is 4.79 Å². The number of nitrogens with two attached hydrogens (primary N) is 1. The number of likely N-dealkylation sites (tertiary alicyclic amines) is 1. The van der Waals surface area contributed by atoms with Crippen LogP contribution >= 0.6 is 0 Å². The molecule has 0 bridgehead atoms. The number of carbonyl (C=O) groups excluding carboxylic acids is 1. The van der Waals surface area contributed by atoms with Crippen molar-refractivity contribution in [3.05, 3.63) is 71.3 Å². The van der Waals surface area contributed by atoms with Crippen molar-refractivity contribution >= 4 is 5.91 Å². The number of carbonyl (C=O) groups is 1. The topological polar surface area (TPSA) is 49.6 Å². The third kappa shape index (κ3) is 4.76.